The van der Waals surface area contributed by atoms with Gasteiger partial charge < -0.3 is 10.6 Å². The van der Waals surface area contributed by atoms with Crippen molar-refractivity contribution in [3.05, 3.63) is 35.4 Å². The lowest BCUT2D eigenvalue weighted by atomic mass is 10.1. The molecule has 1 aliphatic rings. The van der Waals surface area contributed by atoms with E-state index in [-0.39, 0.29) is 5.91 Å². The molecule has 0 aromatic heterocycles. The summed E-state index contributed by atoms with van der Waals surface area (Å²) in [6, 6.07) is 8.83. The molecule has 0 radical (unpaired) electrons. The van der Waals surface area contributed by atoms with Crippen LogP contribution in [0, 0.1) is 6.92 Å². The second-order valence-electron chi connectivity index (χ2n) is 4.78. The number of amides is 1. The van der Waals surface area contributed by atoms with E-state index in [1.54, 1.807) is 0 Å². The third kappa shape index (κ3) is 3.30. The summed E-state index contributed by atoms with van der Waals surface area (Å²) in [6.45, 7) is 3.24. The Labute approximate surface area is 103 Å². The molecule has 0 aliphatic heterocycles. The van der Waals surface area contributed by atoms with E-state index in [1.165, 1.54) is 11.1 Å². The van der Waals surface area contributed by atoms with Gasteiger partial charge in [-0.2, -0.15) is 0 Å². The summed E-state index contributed by atoms with van der Waals surface area (Å²) >= 11 is 0. The minimum Gasteiger partial charge on any atom is -0.335 e. The maximum Gasteiger partial charge on any atom is 0.224 e. The quantitative estimate of drug-likeness (QED) is 0.842. The molecule has 2 rings (SSSR count). The third-order valence-electron chi connectivity index (χ3n) is 3.14. The predicted molar refractivity (Wildman–Crippen MR) is 68.4 cm³/mol. The largest absolute Gasteiger partial charge is 0.335 e. The van der Waals surface area contributed by atoms with Crippen molar-refractivity contribution in [1.29, 1.82) is 0 Å². The van der Waals surface area contributed by atoms with Crippen LogP contribution in [0.1, 0.15) is 30.4 Å². The van der Waals surface area contributed by atoms with E-state index in [2.05, 4.69) is 31.2 Å². The van der Waals surface area contributed by atoms with Gasteiger partial charge in [0.25, 0.3) is 0 Å². The van der Waals surface area contributed by atoms with Crippen molar-refractivity contribution in [2.75, 3.05) is 6.54 Å². The number of rotatable bonds is 5. The van der Waals surface area contributed by atoms with E-state index in [9.17, 15) is 4.79 Å². The Hall–Kier alpha value is -1.35. The molecule has 0 spiro atoms. The van der Waals surface area contributed by atoms with Crippen LogP contribution in [0.2, 0.25) is 0 Å². The first kappa shape index (κ1) is 12.1. The highest BCUT2D eigenvalue weighted by Gasteiger charge is 2.31. The molecule has 0 bridgehead atoms. The second kappa shape index (κ2) is 5.32. The van der Waals surface area contributed by atoms with Crippen molar-refractivity contribution in [3.63, 3.8) is 0 Å². The molecular formula is C14H20N2O. The highest BCUT2D eigenvalue weighted by atomic mass is 16.2. The highest BCUT2D eigenvalue weighted by molar-refractivity contribution is 5.77. The Bertz CT molecular complexity index is 382. The maximum absolute atomic E-state index is 11.9. The number of carbonyl (C=O) groups is 1. The summed E-state index contributed by atoms with van der Waals surface area (Å²) in [7, 11) is 0. The normalized spacial score (nSPS) is 14.7. The molecule has 1 saturated carbocycles. The molecular weight excluding hydrogens is 212 g/mol. The van der Waals surface area contributed by atoms with E-state index >= 15 is 0 Å². The van der Waals surface area contributed by atoms with Crippen LogP contribution in [0.15, 0.2) is 24.3 Å². The number of hydrogen-bond acceptors (Lipinski definition) is 2. The fourth-order valence-electron chi connectivity index (χ4n) is 1.96. The molecule has 1 fully saturated rings. The fraction of sp³-hybridized carbons (Fsp3) is 0.500. The summed E-state index contributed by atoms with van der Waals surface area (Å²) in [5, 5.41) is 0. The average Bonchev–Trinajstić information content (AvgIpc) is 3.12. The van der Waals surface area contributed by atoms with Gasteiger partial charge in [0.2, 0.25) is 5.91 Å². The van der Waals surface area contributed by atoms with Crippen LogP contribution in [0.25, 0.3) is 0 Å². The standard InChI is InChI=1S/C14H20N2O/c1-11-2-4-12(5-3-11)10-16(13-6-7-13)14(17)8-9-15/h2-5,13H,6-10,15H2,1H3. The molecule has 1 aromatic rings. The number of hydrogen-bond donors (Lipinski definition) is 1. The summed E-state index contributed by atoms with van der Waals surface area (Å²) in [4.78, 5) is 13.9. The molecule has 0 saturated heterocycles. The van der Waals surface area contributed by atoms with Gasteiger partial charge in [-0.05, 0) is 25.3 Å². The van der Waals surface area contributed by atoms with Crippen LogP contribution in [0.5, 0.6) is 0 Å². The minimum absolute atomic E-state index is 0.190. The van der Waals surface area contributed by atoms with E-state index in [1.807, 2.05) is 4.90 Å². The number of carbonyl (C=O) groups excluding carboxylic acids is 1. The minimum atomic E-state index is 0.190. The number of nitrogens with zero attached hydrogens (tertiary/aromatic N) is 1. The fourth-order valence-corrected chi connectivity index (χ4v) is 1.96. The lowest BCUT2D eigenvalue weighted by Crippen LogP contribution is -2.33. The van der Waals surface area contributed by atoms with Gasteiger partial charge in [-0.15, -0.1) is 0 Å². The molecule has 2 N–H and O–H groups in total. The second-order valence-corrected chi connectivity index (χ2v) is 4.78. The topological polar surface area (TPSA) is 46.3 Å². The Morgan fingerprint density at radius 1 is 1.35 bits per heavy atom. The van der Waals surface area contributed by atoms with Gasteiger partial charge in [0, 0.05) is 25.6 Å². The summed E-state index contributed by atoms with van der Waals surface area (Å²) < 4.78 is 0. The average molecular weight is 232 g/mol. The molecule has 1 aromatic carbocycles. The van der Waals surface area contributed by atoms with Gasteiger partial charge in [-0.3, -0.25) is 4.79 Å². The summed E-state index contributed by atoms with van der Waals surface area (Å²) in [5.74, 6) is 0.190. The zero-order valence-corrected chi connectivity index (χ0v) is 10.4. The lowest BCUT2D eigenvalue weighted by molar-refractivity contribution is -0.132. The van der Waals surface area contributed by atoms with Gasteiger partial charge >= 0.3 is 0 Å². The smallest absolute Gasteiger partial charge is 0.224 e. The number of aryl methyl sites for hydroxylation is 1. The van der Waals surface area contributed by atoms with Crippen LogP contribution in [0.3, 0.4) is 0 Å². The van der Waals surface area contributed by atoms with Crippen molar-refractivity contribution in [2.45, 2.75) is 38.8 Å². The molecule has 3 nitrogen and oxygen atoms in total. The van der Waals surface area contributed by atoms with E-state index in [4.69, 9.17) is 5.73 Å². The van der Waals surface area contributed by atoms with Gasteiger partial charge in [0.05, 0.1) is 0 Å². The van der Waals surface area contributed by atoms with Crippen LogP contribution >= 0.6 is 0 Å². The molecule has 1 amide bonds. The Kier molecular flexibility index (Phi) is 3.79. The zero-order valence-electron chi connectivity index (χ0n) is 10.4. The molecule has 17 heavy (non-hydrogen) atoms. The van der Waals surface area contributed by atoms with Gasteiger partial charge in [0.1, 0.15) is 0 Å². The first-order valence-electron chi connectivity index (χ1n) is 6.26. The van der Waals surface area contributed by atoms with Crippen molar-refractivity contribution in [3.8, 4) is 0 Å². The van der Waals surface area contributed by atoms with E-state index in [0.717, 1.165) is 19.4 Å². The molecule has 3 heteroatoms. The van der Waals surface area contributed by atoms with Crippen molar-refractivity contribution in [1.82, 2.24) is 4.90 Å². The third-order valence-corrected chi connectivity index (χ3v) is 3.14. The van der Waals surface area contributed by atoms with E-state index in [0.29, 0.717) is 19.0 Å². The predicted octanol–water partition coefficient (Wildman–Crippen LogP) is 1.83. The zero-order chi connectivity index (χ0) is 12.3. The Morgan fingerprint density at radius 2 is 2.00 bits per heavy atom. The highest BCUT2D eigenvalue weighted by Crippen LogP contribution is 2.28. The number of nitrogens with two attached hydrogens (primary N) is 1. The molecule has 0 atom stereocenters. The maximum atomic E-state index is 11.9. The molecule has 92 valence electrons. The monoisotopic (exact) mass is 232 g/mol. The van der Waals surface area contributed by atoms with Gasteiger partial charge in [-0.25, -0.2) is 0 Å². The Balaban J connectivity index is 2.02. The summed E-state index contributed by atoms with van der Waals surface area (Å²) in [6.07, 6.45) is 2.74. The van der Waals surface area contributed by atoms with Gasteiger partial charge in [0.15, 0.2) is 0 Å². The van der Waals surface area contributed by atoms with Crippen LogP contribution in [0.4, 0.5) is 0 Å². The molecule has 1 aliphatic carbocycles. The summed E-state index contributed by atoms with van der Waals surface area (Å²) in [5.41, 5.74) is 7.91. The van der Waals surface area contributed by atoms with Crippen LogP contribution in [-0.4, -0.2) is 23.4 Å². The van der Waals surface area contributed by atoms with E-state index < -0.39 is 0 Å². The first-order chi connectivity index (χ1) is 8.20. The van der Waals surface area contributed by atoms with Crippen molar-refractivity contribution < 1.29 is 4.79 Å². The molecule has 0 heterocycles. The van der Waals surface area contributed by atoms with Gasteiger partial charge in [-0.1, -0.05) is 29.8 Å². The molecule has 0 unspecified atom stereocenters. The van der Waals surface area contributed by atoms with Crippen LogP contribution < -0.4 is 5.73 Å². The number of benzene rings is 1. The SMILES string of the molecule is Cc1ccc(CN(C(=O)CCN)C2CC2)cc1. The van der Waals surface area contributed by atoms with Crippen molar-refractivity contribution >= 4 is 5.91 Å². The first-order valence-corrected chi connectivity index (χ1v) is 6.26. The van der Waals surface area contributed by atoms with Crippen molar-refractivity contribution in [2.24, 2.45) is 5.73 Å². The Morgan fingerprint density at radius 3 is 2.53 bits per heavy atom. The lowest BCUT2D eigenvalue weighted by Gasteiger charge is -2.22. The van der Waals surface area contributed by atoms with Crippen LogP contribution in [-0.2, 0) is 11.3 Å².